The zero-order valence-corrected chi connectivity index (χ0v) is 18.8. The molecule has 1 amide bonds. The maximum atomic E-state index is 13.2. The molecule has 3 aromatic rings. The second-order valence-electron chi connectivity index (χ2n) is 7.07. The molecule has 0 aliphatic carbocycles. The number of carbonyl (C=O) groups excluding carboxylic acids is 2. The molecule has 0 bridgehead atoms. The maximum absolute atomic E-state index is 13.2. The third kappa shape index (κ3) is 3.78. The summed E-state index contributed by atoms with van der Waals surface area (Å²) in [5.74, 6) is -0.649. The molecule has 0 spiro atoms. The fourth-order valence-electron chi connectivity index (χ4n) is 3.75. The van der Waals surface area contributed by atoms with Crippen molar-refractivity contribution in [1.29, 1.82) is 0 Å². The number of aliphatic hydroxyl groups excluding tert-OH is 1. The summed E-state index contributed by atoms with van der Waals surface area (Å²) in [5, 5.41) is 11.4. The van der Waals surface area contributed by atoms with Crippen LogP contribution in [0.2, 0.25) is 5.02 Å². The number of benzene rings is 2. The van der Waals surface area contributed by atoms with Crippen molar-refractivity contribution in [3.8, 4) is 17.2 Å². The molecular weight excluding hydrogens is 450 g/mol. The Hall–Kier alpha value is -3.91. The first-order valence-electron chi connectivity index (χ1n) is 9.81. The first-order chi connectivity index (χ1) is 15.9. The van der Waals surface area contributed by atoms with Crippen LogP contribution in [-0.4, -0.2) is 38.1 Å². The molecule has 1 unspecified atom stereocenters. The first-order valence-corrected chi connectivity index (χ1v) is 10.2. The van der Waals surface area contributed by atoms with Crippen LogP contribution < -0.4 is 19.1 Å². The van der Waals surface area contributed by atoms with Gasteiger partial charge in [-0.2, -0.15) is 0 Å². The molecule has 1 aromatic heterocycles. The second-order valence-corrected chi connectivity index (χ2v) is 7.48. The van der Waals surface area contributed by atoms with E-state index < -0.39 is 23.5 Å². The summed E-state index contributed by atoms with van der Waals surface area (Å²) in [4.78, 5) is 27.6. The SMILES string of the molecule is COc1ccc(Cl)c(/C(O)=C2/C(=O)C(=O)N(c3ccc(OC)c(OC)c3)C2c2ccco2)c1. The van der Waals surface area contributed by atoms with E-state index in [0.717, 1.165) is 0 Å². The topological polar surface area (TPSA) is 98.4 Å². The number of halogens is 1. The van der Waals surface area contributed by atoms with Gasteiger partial charge in [0.25, 0.3) is 11.7 Å². The van der Waals surface area contributed by atoms with Crippen LogP contribution in [0.4, 0.5) is 5.69 Å². The van der Waals surface area contributed by atoms with Crippen molar-refractivity contribution < 1.29 is 33.3 Å². The van der Waals surface area contributed by atoms with Gasteiger partial charge in [0, 0.05) is 17.3 Å². The van der Waals surface area contributed by atoms with Gasteiger partial charge in [-0.25, -0.2) is 0 Å². The molecular formula is C24H20ClNO7. The minimum absolute atomic E-state index is 0.151. The molecule has 8 nitrogen and oxygen atoms in total. The lowest BCUT2D eigenvalue weighted by Gasteiger charge is -2.24. The zero-order valence-electron chi connectivity index (χ0n) is 18.0. The second kappa shape index (κ2) is 8.91. The van der Waals surface area contributed by atoms with E-state index in [1.54, 1.807) is 36.4 Å². The smallest absolute Gasteiger partial charge is 0.300 e. The number of nitrogens with zero attached hydrogens (tertiary/aromatic N) is 1. The molecule has 1 aliphatic heterocycles. The minimum atomic E-state index is -1.04. The summed E-state index contributed by atoms with van der Waals surface area (Å²) in [6, 6.07) is 11.6. The largest absolute Gasteiger partial charge is 0.507 e. The van der Waals surface area contributed by atoms with Gasteiger partial charge in [0.2, 0.25) is 0 Å². The van der Waals surface area contributed by atoms with Crippen LogP contribution in [0.5, 0.6) is 17.2 Å². The van der Waals surface area contributed by atoms with Gasteiger partial charge in [0.15, 0.2) is 11.5 Å². The van der Waals surface area contributed by atoms with E-state index in [0.29, 0.717) is 22.9 Å². The summed E-state index contributed by atoms with van der Waals surface area (Å²) in [5.41, 5.74) is 0.338. The number of ether oxygens (including phenoxy) is 3. The number of amides is 1. The molecule has 1 atom stereocenters. The van der Waals surface area contributed by atoms with E-state index in [1.807, 2.05) is 0 Å². The van der Waals surface area contributed by atoms with Gasteiger partial charge in [0.05, 0.1) is 38.2 Å². The highest BCUT2D eigenvalue weighted by Crippen LogP contribution is 2.45. The molecule has 33 heavy (non-hydrogen) atoms. The van der Waals surface area contributed by atoms with Crippen LogP contribution >= 0.6 is 11.6 Å². The van der Waals surface area contributed by atoms with E-state index in [1.165, 1.54) is 44.6 Å². The van der Waals surface area contributed by atoms with Gasteiger partial charge in [-0.15, -0.1) is 0 Å². The predicted molar refractivity (Wildman–Crippen MR) is 121 cm³/mol. The van der Waals surface area contributed by atoms with E-state index in [-0.39, 0.29) is 21.9 Å². The quantitative estimate of drug-likeness (QED) is 0.320. The Labute approximate surface area is 194 Å². The summed E-state index contributed by atoms with van der Waals surface area (Å²) in [7, 11) is 4.42. The van der Waals surface area contributed by atoms with Crippen LogP contribution in [0.15, 0.2) is 64.8 Å². The van der Waals surface area contributed by atoms with Crippen LogP contribution in [0, 0.1) is 0 Å². The lowest BCUT2D eigenvalue weighted by Crippen LogP contribution is -2.29. The van der Waals surface area contributed by atoms with Crippen molar-refractivity contribution in [2.45, 2.75) is 6.04 Å². The van der Waals surface area contributed by atoms with Crippen LogP contribution in [0.1, 0.15) is 17.4 Å². The number of ketones is 1. The Kier molecular flexibility index (Phi) is 6.02. The third-order valence-corrected chi connectivity index (χ3v) is 5.66. The van der Waals surface area contributed by atoms with Gasteiger partial charge in [0.1, 0.15) is 23.3 Å². The Morgan fingerprint density at radius 3 is 2.39 bits per heavy atom. The number of Topliss-reactive ketones (excluding diaryl/α,β-unsaturated/α-hetero) is 1. The molecule has 1 saturated heterocycles. The standard InChI is InChI=1S/C24H20ClNO7/c1-30-14-7-8-16(25)15(12-14)22(27)20-21(18-5-4-10-33-18)26(24(29)23(20)28)13-6-9-17(31-2)19(11-13)32-3/h4-12,21,27H,1-3H3/b22-20-. The number of methoxy groups -OCH3 is 3. The average molecular weight is 470 g/mol. The summed E-state index contributed by atoms with van der Waals surface area (Å²) in [6.45, 7) is 0. The van der Waals surface area contributed by atoms with Crippen molar-refractivity contribution in [2.75, 3.05) is 26.2 Å². The highest BCUT2D eigenvalue weighted by molar-refractivity contribution is 6.52. The third-order valence-electron chi connectivity index (χ3n) is 5.33. The lowest BCUT2D eigenvalue weighted by molar-refractivity contribution is -0.132. The first kappa shape index (κ1) is 22.3. The minimum Gasteiger partial charge on any atom is -0.507 e. The number of carbonyl (C=O) groups is 2. The van der Waals surface area contributed by atoms with Gasteiger partial charge in [-0.1, -0.05) is 11.6 Å². The fourth-order valence-corrected chi connectivity index (χ4v) is 3.95. The van der Waals surface area contributed by atoms with Gasteiger partial charge < -0.3 is 23.7 Å². The van der Waals surface area contributed by atoms with Crippen molar-refractivity contribution >= 4 is 34.7 Å². The van der Waals surface area contributed by atoms with Crippen molar-refractivity contribution in [2.24, 2.45) is 0 Å². The molecule has 0 radical (unpaired) electrons. The molecule has 0 saturated carbocycles. The van der Waals surface area contributed by atoms with Gasteiger partial charge >= 0.3 is 0 Å². The van der Waals surface area contributed by atoms with E-state index in [4.69, 9.17) is 30.2 Å². The van der Waals surface area contributed by atoms with E-state index >= 15 is 0 Å². The lowest BCUT2D eigenvalue weighted by atomic mass is 9.99. The molecule has 2 heterocycles. The Bertz CT molecular complexity index is 1250. The van der Waals surface area contributed by atoms with E-state index in [2.05, 4.69) is 0 Å². The van der Waals surface area contributed by atoms with E-state index in [9.17, 15) is 14.7 Å². The molecule has 2 aromatic carbocycles. The van der Waals surface area contributed by atoms with Crippen molar-refractivity contribution in [3.63, 3.8) is 0 Å². The number of anilines is 1. The average Bonchev–Trinajstić information content (AvgIpc) is 3.45. The van der Waals surface area contributed by atoms with Crippen LogP contribution in [0.25, 0.3) is 5.76 Å². The summed E-state index contributed by atoms with van der Waals surface area (Å²) >= 11 is 6.30. The number of hydrogen-bond donors (Lipinski definition) is 1. The maximum Gasteiger partial charge on any atom is 0.300 e. The van der Waals surface area contributed by atoms with Gasteiger partial charge in [-0.3, -0.25) is 14.5 Å². The zero-order chi connectivity index (χ0) is 23.7. The Morgan fingerprint density at radius 2 is 1.76 bits per heavy atom. The molecule has 1 fully saturated rings. The van der Waals surface area contributed by atoms with Crippen molar-refractivity contribution in [3.05, 3.63) is 76.7 Å². The number of furan rings is 1. The van der Waals surface area contributed by atoms with Crippen molar-refractivity contribution in [1.82, 2.24) is 0 Å². The molecule has 170 valence electrons. The molecule has 1 aliphatic rings. The molecule has 9 heteroatoms. The normalized spacial score (nSPS) is 17.3. The summed E-state index contributed by atoms with van der Waals surface area (Å²) in [6.07, 6.45) is 1.42. The molecule has 4 rings (SSSR count). The monoisotopic (exact) mass is 469 g/mol. The summed E-state index contributed by atoms with van der Waals surface area (Å²) < 4.78 is 21.4. The van der Waals surface area contributed by atoms with Gasteiger partial charge in [-0.05, 0) is 42.5 Å². The number of aliphatic hydroxyl groups is 1. The predicted octanol–water partition coefficient (Wildman–Crippen LogP) is 4.59. The van der Waals surface area contributed by atoms with Crippen LogP contribution in [-0.2, 0) is 9.59 Å². The number of hydrogen-bond acceptors (Lipinski definition) is 7. The highest BCUT2D eigenvalue weighted by Gasteiger charge is 2.48. The Balaban J connectivity index is 1.94. The van der Waals surface area contributed by atoms with Crippen LogP contribution in [0.3, 0.4) is 0 Å². The molecule has 1 N–H and O–H groups in total. The fraction of sp³-hybridized carbons (Fsp3) is 0.167. The highest BCUT2D eigenvalue weighted by atomic mass is 35.5. The number of rotatable bonds is 6. The Morgan fingerprint density at radius 1 is 1.00 bits per heavy atom.